The van der Waals surface area contributed by atoms with Crippen LogP contribution in [-0.4, -0.2) is 11.5 Å². The molecule has 0 aromatic heterocycles. The molecule has 16 heavy (non-hydrogen) atoms. The molecule has 88 valence electrons. The fraction of sp³-hybridized carbons (Fsp3) is 0.455. The van der Waals surface area contributed by atoms with Crippen molar-refractivity contribution >= 4 is 17.3 Å². The third kappa shape index (κ3) is 3.38. The lowest BCUT2D eigenvalue weighted by Gasteiger charge is -2.11. The van der Waals surface area contributed by atoms with Crippen LogP contribution in [0.3, 0.4) is 0 Å². The van der Waals surface area contributed by atoms with Crippen LogP contribution in [0.4, 0.5) is 5.69 Å². The van der Waals surface area contributed by atoms with E-state index in [-0.39, 0.29) is 11.6 Å². The normalized spacial score (nSPS) is 10.5. The Morgan fingerprint density at radius 3 is 2.69 bits per heavy atom. The van der Waals surface area contributed by atoms with Crippen LogP contribution < -0.4 is 4.74 Å². The third-order valence-corrected chi connectivity index (χ3v) is 2.26. The van der Waals surface area contributed by atoms with Gasteiger partial charge in [-0.05, 0) is 12.0 Å². The molecule has 1 aromatic carbocycles. The summed E-state index contributed by atoms with van der Waals surface area (Å²) in [6.45, 7) is 4.64. The zero-order valence-electron chi connectivity index (χ0n) is 9.27. The lowest BCUT2D eigenvalue weighted by Crippen LogP contribution is -2.06. The van der Waals surface area contributed by atoms with E-state index < -0.39 is 4.92 Å². The highest BCUT2D eigenvalue weighted by molar-refractivity contribution is 6.17. The van der Waals surface area contributed by atoms with Crippen molar-refractivity contribution in [3.05, 3.63) is 33.9 Å². The van der Waals surface area contributed by atoms with Crippen LogP contribution in [0.25, 0.3) is 0 Å². The van der Waals surface area contributed by atoms with E-state index in [2.05, 4.69) is 0 Å². The van der Waals surface area contributed by atoms with Crippen LogP contribution in [0.1, 0.15) is 19.4 Å². The number of nitro benzene ring substituents is 1. The van der Waals surface area contributed by atoms with E-state index >= 15 is 0 Å². The molecule has 0 saturated heterocycles. The molecule has 4 nitrogen and oxygen atoms in total. The molecule has 0 saturated carbocycles. The van der Waals surface area contributed by atoms with Crippen molar-refractivity contribution in [2.75, 3.05) is 6.61 Å². The molecule has 0 bridgehead atoms. The van der Waals surface area contributed by atoms with Gasteiger partial charge >= 0.3 is 0 Å². The maximum absolute atomic E-state index is 10.6. The zero-order valence-corrected chi connectivity index (χ0v) is 10.0. The number of halogens is 1. The van der Waals surface area contributed by atoms with Crippen LogP contribution in [0, 0.1) is 16.0 Å². The van der Waals surface area contributed by atoms with Crippen molar-refractivity contribution in [3.8, 4) is 5.75 Å². The Morgan fingerprint density at radius 1 is 1.50 bits per heavy atom. The van der Waals surface area contributed by atoms with Gasteiger partial charge in [-0.2, -0.15) is 0 Å². The average Bonchev–Trinajstić information content (AvgIpc) is 2.25. The van der Waals surface area contributed by atoms with Crippen LogP contribution in [0.15, 0.2) is 18.2 Å². The van der Waals surface area contributed by atoms with E-state index in [9.17, 15) is 10.1 Å². The molecule has 0 heterocycles. The topological polar surface area (TPSA) is 52.4 Å². The molecule has 0 amide bonds. The molecule has 0 radical (unpaired) electrons. The second kappa shape index (κ2) is 5.70. The van der Waals surface area contributed by atoms with Crippen LogP contribution in [0.2, 0.25) is 0 Å². The van der Waals surface area contributed by atoms with E-state index in [1.807, 2.05) is 13.8 Å². The van der Waals surface area contributed by atoms with E-state index in [0.717, 1.165) is 0 Å². The van der Waals surface area contributed by atoms with Crippen LogP contribution in [0.5, 0.6) is 5.75 Å². The summed E-state index contributed by atoms with van der Waals surface area (Å²) in [6.07, 6.45) is 0. The SMILES string of the molecule is CC(C)COc1ccc([N+](=O)[O-])cc1CCl. The molecule has 0 fully saturated rings. The summed E-state index contributed by atoms with van der Waals surface area (Å²) in [4.78, 5) is 10.1. The van der Waals surface area contributed by atoms with Crippen molar-refractivity contribution in [1.82, 2.24) is 0 Å². The largest absolute Gasteiger partial charge is 0.493 e. The summed E-state index contributed by atoms with van der Waals surface area (Å²) < 4.78 is 5.52. The Bertz CT molecular complexity index is 379. The number of ether oxygens (including phenoxy) is 1. The summed E-state index contributed by atoms with van der Waals surface area (Å²) in [6, 6.07) is 4.46. The van der Waals surface area contributed by atoms with Crippen molar-refractivity contribution in [2.24, 2.45) is 5.92 Å². The predicted molar refractivity (Wildman–Crippen MR) is 63.0 cm³/mol. The number of alkyl halides is 1. The van der Waals surface area contributed by atoms with Gasteiger partial charge in [0.15, 0.2) is 0 Å². The van der Waals surface area contributed by atoms with Crippen molar-refractivity contribution in [1.29, 1.82) is 0 Å². The Balaban J connectivity index is 2.89. The highest BCUT2D eigenvalue weighted by atomic mass is 35.5. The van der Waals surface area contributed by atoms with Gasteiger partial charge in [-0.3, -0.25) is 10.1 Å². The Morgan fingerprint density at radius 2 is 2.19 bits per heavy atom. The van der Waals surface area contributed by atoms with E-state index in [0.29, 0.717) is 23.8 Å². The minimum absolute atomic E-state index is 0.0348. The van der Waals surface area contributed by atoms with Gasteiger partial charge in [0.05, 0.1) is 17.4 Å². The molecule has 1 aromatic rings. The summed E-state index contributed by atoms with van der Waals surface area (Å²) in [5, 5.41) is 10.6. The quantitative estimate of drug-likeness (QED) is 0.453. The average molecular weight is 244 g/mol. The molecule has 0 atom stereocenters. The fourth-order valence-electron chi connectivity index (χ4n) is 1.18. The Kier molecular flexibility index (Phi) is 4.55. The monoisotopic (exact) mass is 243 g/mol. The third-order valence-electron chi connectivity index (χ3n) is 1.97. The number of hydrogen-bond donors (Lipinski definition) is 0. The number of benzene rings is 1. The van der Waals surface area contributed by atoms with E-state index in [1.165, 1.54) is 12.1 Å². The summed E-state index contributed by atoms with van der Waals surface area (Å²) in [5.41, 5.74) is 0.684. The maximum atomic E-state index is 10.6. The van der Waals surface area contributed by atoms with Gasteiger partial charge in [0, 0.05) is 17.7 Å². The number of hydrogen-bond acceptors (Lipinski definition) is 3. The maximum Gasteiger partial charge on any atom is 0.270 e. The predicted octanol–water partition coefficient (Wildman–Crippen LogP) is 3.37. The molecule has 5 heteroatoms. The van der Waals surface area contributed by atoms with Crippen LogP contribution >= 0.6 is 11.6 Å². The molecule has 1 rings (SSSR count). The number of nitrogens with zero attached hydrogens (tertiary/aromatic N) is 1. The lowest BCUT2D eigenvalue weighted by molar-refractivity contribution is -0.384. The summed E-state index contributed by atoms with van der Waals surface area (Å²) in [7, 11) is 0. The Labute approximate surface area is 99.3 Å². The van der Waals surface area contributed by atoms with Crippen molar-refractivity contribution in [2.45, 2.75) is 19.7 Å². The van der Waals surface area contributed by atoms with Gasteiger partial charge in [-0.15, -0.1) is 11.6 Å². The second-order valence-electron chi connectivity index (χ2n) is 3.89. The van der Waals surface area contributed by atoms with Gasteiger partial charge in [-0.25, -0.2) is 0 Å². The molecular formula is C11H14ClNO3. The number of non-ortho nitro benzene ring substituents is 1. The molecule has 0 unspecified atom stereocenters. The first-order chi connectivity index (χ1) is 7.54. The Hall–Kier alpha value is -1.29. The minimum Gasteiger partial charge on any atom is -0.493 e. The lowest BCUT2D eigenvalue weighted by atomic mass is 10.2. The van der Waals surface area contributed by atoms with Crippen LogP contribution in [-0.2, 0) is 5.88 Å². The molecule has 0 aliphatic carbocycles. The van der Waals surface area contributed by atoms with Crippen molar-refractivity contribution < 1.29 is 9.66 Å². The number of rotatable bonds is 5. The first-order valence-corrected chi connectivity index (χ1v) is 5.54. The first-order valence-electron chi connectivity index (χ1n) is 5.00. The van der Waals surface area contributed by atoms with Gasteiger partial charge in [0.1, 0.15) is 5.75 Å². The van der Waals surface area contributed by atoms with E-state index in [1.54, 1.807) is 6.07 Å². The summed E-state index contributed by atoms with van der Waals surface area (Å²) in [5.74, 6) is 1.22. The highest BCUT2D eigenvalue weighted by Crippen LogP contribution is 2.25. The minimum atomic E-state index is -0.442. The molecule has 0 spiro atoms. The highest BCUT2D eigenvalue weighted by Gasteiger charge is 2.11. The van der Waals surface area contributed by atoms with Crippen molar-refractivity contribution in [3.63, 3.8) is 0 Å². The van der Waals surface area contributed by atoms with Gasteiger partial charge in [0.2, 0.25) is 0 Å². The fourth-order valence-corrected chi connectivity index (χ4v) is 1.39. The van der Waals surface area contributed by atoms with Gasteiger partial charge in [-0.1, -0.05) is 13.8 Å². The molecule has 0 aliphatic heterocycles. The van der Waals surface area contributed by atoms with E-state index in [4.69, 9.17) is 16.3 Å². The smallest absolute Gasteiger partial charge is 0.270 e. The summed E-state index contributed by atoms with van der Waals surface area (Å²) >= 11 is 5.72. The standard InChI is InChI=1S/C11H14ClNO3/c1-8(2)7-16-11-4-3-10(13(14)15)5-9(11)6-12/h3-5,8H,6-7H2,1-2H3. The van der Waals surface area contributed by atoms with Gasteiger partial charge in [0.25, 0.3) is 5.69 Å². The first kappa shape index (κ1) is 12.8. The number of nitro groups is 1. The zero-order chi connectivity index (χ0) is 12.1. The molecule has 0 aliphatic rings. The second-order valence-corrected chi connectivity index (χ2v) is 4.15. The van der Waals surface area contributed by atoms with Gasteiger partial charge < -0.3 is 4.74 Å². The molecule has 0 N–H and O–H groups in total. The molecular weight excluding hydrogens is 230 g/mol.